The molecule has 0 unspecified atom stereocenters. The van der Waals surface area contributed by atoms with E-state index in [-0.39, 0.29) is 5.91 Å². The van der Waals surface area contributed by atoms with Crippen LogP contribution in [0, 0.1) is 0 Å². The molecule has 3 aliphatic rings. The van der Waals surface area contributed by atoms with Crippen molar-refractivity contribution in [1.29, 1.82) is 0 Å². The second-order valence-corrected chi connectivity index (χ2v) is 6.53. The van der Waals surface area contributed by atoms with Crippen LogP contribution in [0.3, 0.4) is 0 Å². The van der Waals surface area contributed by atoms with E-state index in [9.17, 15) is 4.79 Å². The number of anilines is 1. The van der Waals surface area contributed by atoms with Crippen LogP contribution in [-0.4, -0.2) is 56.1 Å². The second-order valence-electron chi connectivity index (χ2n) is 6.53. The Labute approximate surface area is 131 Å². The van der Waals surface area contributed by atoms with Gasteiger partial charge in [-0.1, -0.05) is 6.07 Å². The van der Waals surface area contributed by atoms with Gasteiger partial charge in [-0.3, -0.25) is 9.69 Å². The highest BCUT2D eigenvalue weighted by molar-refractivity contribution is 5.99. The highest BCUT2D eigenvalue weighted by Gasteiger charge is 2.26. The Morgan fingerprint density at radius 1 is 1.05 bits per heavy atom. The van der Waals surface area contributed by atoms with Gasteiger partial charge in [-0.15, -0.1) is 0 Å². The molecule has 2 fully saturated rings. The third kappa shape index (κ3) is 2.59. The van der Waals surface area contributed by atoms with Crippen LogP contribution in [0.25, 0.3) is 0 Å². The zero-order chi connectivity index (χ0) is 14.9. The molecule has 5 nitrogen and oxygen atoms in total. The van der Waals surface area contributed by atoms with E-state index < -0.39 is 0 Å². The number of piperidine rings is 1. The highest BCUT2D eigenvalue weighted by atomic mass is 16.1. The Morgan fingerprint density at radius 3 is 2.59 bits per heavy atom. The van der Waals surface area contributed by atoms with Crippen LogP contribution in [0.2, 0.25) is 0 Å². The molecule has 5 heteroatoms. The predicted octanol–water partition coefficient (Wildman–Crippen LogP) is 0.804. The van der Waals surface area contributed by atoms with Crippen LogP contribution in [0.15, 0.2) is 18.2 Å². The maximum Gasteiger partial charge on any atom is 0.251 e. The molecule has 2 N–H and O–H groups in total. The van der Waals surface area contributed by atoms with E-state index in [0.29, 0.717) is 6.54 Å². The lowest BCUT2D eigenvalue weighted by Gasteiger charge is -2.41. The van der Waals surface area contributed by atoms with Gasteiger partial charge in [-0.05, 0) is 30.5 Å². The maximum absolute atomic E-state index is 11.8. The molecule has 3 aliphatic heterocycles. The number of rotatable bonds is 2. The minimum Gasteiger partial charge on any atom is -0.371 e. The molecule has 3 heterocycles. The smallest absolute Gasteiger partial charge is 0.251 e. The molecule has 118 valence electrons. The van der Waals surface area contributed by atoms with Crippen molar-refractivity contribution in [2.45, 2.75) is 25.4 Å². The monoisotopic (exact) mass is 300 g/mol. The summed E-state index contributed by atoms with van der Waals surface area (Å²) >= 11 is 0. The van der Waals surface area contributed by atoms with Crippen LogP contribution in [-0.2, 0) is 6.54 Å². The van der Waals surface area contributed by atoms with Crippen LogP contribution in [0.5, 0.6) is 0 Å². The lowest BCUT2D eigenvalue weighted by molar-refractivity contribution is 0.0965. The number of carbonyl (C=O) groups is 1. The second kappa shape index (κ2) is 5.89. The van der Waals surface area contributed by atoms with E-state index in [4.69, 9.17) is 0 Å². The number of nitrogens with one attached hydrogen (secondary N) is 2. The third-order valence-corrected chi connectivity index (χ3v) is 5.28. The summed E-state index contributed by atoms with van der Waals surface area (Å²) in [6.07, 6.45) is 2.45. The first-order chi connectivity index (χ1) is 10.8. The van der Waals surface area contributed by atoms with Gasteiger partial charge in [-0.25, -0.2) is 0 Å². The summed E-state index contributed by atoms with van der Waals surface area (Å²) in [4.78, 5) is 16.9. The van der Waals surface area contributed by atoms with Crippen molar-refractivity contribution < 1.29 is 4.79 Å². The first-order valence-electron chi connectivity index (χ1n) is 8.42. The summed E-state index contributed by atoms with van der Waals surface area (Å²) in [5.41, 5.74) is 3.20. The molecule has 0 aliphatic carbocycles. The van der Waals surface area contributed by atoms with Crippen molar-refractivity contribution in [2.24, 2.45) is 0 Å². The number of piperazine rings is 1. The average Bonchev–Trinajstić information content (AvgIpc) is 2.96. The fraction of sp³-hybridized carbons (Fsp3) is 0.588. The number of hydrogen-bond acceptors (Lipinski definition) is 4. The zero-order valence-electron chi connectivity index (χ0n) is 13.0. The number of benzene rings is 1. The molecule has 4 rings (SSSR count). The molecule has 0 radical (unpaired) electrons. The molecule has 2 saturated heterocycles. The van der Waals surface area contributed by atoms with Crippen LogP contribution < -0.4 is 15.5 Å². The van der Waals surface area contributed by atoms with Crippen molar-refractivity contribution in [1.82, 2.24) is 15.5 Å². The van der Waals surface area contributed by atoms with Crippen LogP contribution in [0.1, 0.15) is 28.8 Å². The van der Waals surface area contributed by atoms with Gasteiger partial charge in [0, 0.05) is 63.1 Å². The van der Waals surface area contributed by atoms with Crippen LogP contribution in [0.4, 0.5) is 5.69 Å². The number of hydrogen-bond donors (Lipinski definition) is 2. The fourth-order valence-corrected chi connectivity index (χ4v) is 3.93. The average molecular weight is 300 g/mol. The Balaban J connectivity index is 1.41. The van der Waals surface area contributed by atoms with Crippen molar-refractivity contribution in [3.63, 3.8) is 0 Å². The minimum atomic E-state index is 0.0764. The summed E-state index contributed by atoms with van der Waals surface area (Å²) in [6.45, 7) is 7.48. The van der Waals surface area contributed by atoms with E-state index in [1.165, 1.54) is 31.6 Å². The van der Waals surface area contributed by atoms with Crippen molar-refractivity contribution in [3.05, 3.63) is 29.3 Å². The maximum atomic E-state index is 11.8. The Kier molecular flexibility index (Phi) is 3.76. The first-order valence-corrected chi connectivity index (χ1v) is 8.42. The predicted molar refractivity (Wildman–Crippen MR) is 87.3 cm³/mol. The van der Waals surface area contributed by atoms with E-state index in [1.807, 2.05) is 0 Å². The molecule has 0 atom stereocenters. The van der Waals surface area contributed by atoms with Gasteiger partial charge in [0.1, 0.15) is 0 Å². The largest absolute Gasteiger partial charge is 0.371 e. The van der Waals surface area contributed by atoms with Crippen molar-refractivity contribution in [2.75, 3.05) is 44.2 Å². The van der Waals surface area contributed by atoms with Gasteiger partial charge >= 0.3 is 0 Å². The molecule has 1 amide bonds. The molecule has 1 aromatic rings. The molecular weight excluding hydrogens is 276 g/mol. The zero-order valence-corrected chi connectivity index (χ0v) is 13.0. The fourth-order valence-electron chi connectivity index (χ4n) is 3.93. The summed E-state index contributed by atoms with van der Waals surface area (Å²) in [7, 11) is 0. The Bertz CT molecular complexity index is 560. The van der Waals surface area contributed by atoms with Crippen molar-refractivity contribution >= 4 is 11.6 Å². The summed E-state index contributed by atoms with van der Waals surface area (Å²) in [6, 6.07) is 7.08. The quantitative estimate of drug-likeness (QED) is 0.848. The third-order valence-electron chi connectivity index (χ3n) is 5.28. The molecule has 0 spiro atoms. The topological polar surface area (TPSA) is 47.6 Å². The molecular formula is C17H24N4O. The number of fused-ring (bicyclic) bond motifs is 1. The lowest BCUT2D eigenvalue weighted by atomic mass is 10.0. The normalized spacial score (nSPS) is 23.5. The number of nitrogens with zero attached hydrogens (tertiary/aromatic N) is 2. The van der Waals surface area contributed by atoms with Gasteiger partial charge in [-0.2, -0.15) is 0 Å². The van der Waals surface area contributed by atoms with E-state index in [2.05, 4.69) is 38.6 Å². The molecule has 0 aromatic heterocycles. The Morgan fingerprint density at radius 2 is 1.82 bits per heavy atom. The van der Waals surface area contributed by atoms with E-state index >= 15 is 0 Å². The SMILES string of the molecule is O=C1NCc2ccc(N3CCC(N4CCNCC4)CC3)cc21. The molecule has 0 bridgehead atoms. The van der Waals surface area contributed by atoms with E-state index in [0.717, 1.165) is 43.3 Å². The molecule has 22 heavy (non-hydrogen) atoms. The number of amides is 1. The number of carbonyl (C=O) groups excluding carboxylic acids is 1. The van der Waals surface area contributed by atoms with Gasteiger partial charge in [0.25, 0.3) is 5.91 Å². The lowest BCUT2D eigenvalue weighted by Crippen LogP contribution is -2.52. The Hall–Kier alpha value is -1.59. The molecule has 0 saturated carbocycles. The minimum absolute atomic E-state index is 0.0764. The van der Waals surface area contributed by atoms with Crippen molar-refractivity contribution in [3.8, 4) is 0 Å². The van der Waals surface area contributed by atoms with Gasteiger partial charge in [0.15, 0.2) is 0 Å². The summed E-state index contributed by atoms with van der Waals surface area (Å²) in [5.74, 6) is 0.0764. The van der Waals surface area contributed by atoms with Gasteiger partial charge < -0.3 is 15.5 Å². The van der Waals surface area contributed by atoms with Gasteiger partial charge in [0.05, 0.1) is 0 Å². The highest BCUT2D eigenvalue weighted by Crippen LogP contribution is 2.26. The summed E-state index contributed by atoms with van der Waals surface area (Å²) in [5, 5.41) is 6.32. The first kappa shape index (κ1) is 14.0. The standard InChI is InChI=1S/C17H24N4O/c22-17-16-11-15(2-1-13(16)12-19-17)20-7-3-14(4-8-20)21-9-5-18-6-10-21/h1-2,11,14,18H,3-10,12H2,(H,19,22). The van der Waals surface area contributed by atoms with E-state index in [1.54, 1.807) is 0 Å². The van der Waals surface area contributed by atoms with Gasteiger partial charge in [0.2, 0.25) is 0 Å². The molecule has 1 aromatic carbocycles. The summed E-state index contributed by atoms with van der Waals surface area (Å²) < 4.78 is 0. The van der Waals surface area contributed by atoms with Crippen LogP contribution >= 0.6 is 0 Å².